The Bertz CT molecular complexity index is 987. The molecular formula is C26H31N3O2. The van der Waals surface area contributed by atoms with Crippen LogP contribution in [0.1, 0.15) is 60.1 Å². The van der Waals surface area contributed by atoms with Crippen molar-refractivity contribution in [2.45, 2.75) is 55.1 Å². The number of pyridine rings is 1. The summed E-state index contributed by atoms with van der Waals surface area (Å²) in [6.45, 7) is 2.15. The van der Waals surface area contributed by atoms with E-state index in [1.54, 1.807) is 6.20 Å². The van der Waals surface area contributed by atoms with Gasteiger partial charge in [0.1, 0.15) is 11.3 Å². The van der Waals surface area contributed by atoms with Gasteiger partial charge in [0.2, 0.25) is 0 Å². The number of carbonyl (C=O) groups excluding carboxylic acids is 1. The van der Waals surface area contributed by atoms with E-state index in [4.69, 9.17) is 10.5 Å². The van der Waals surface area contributed by atoms with Crippen LogP contribution >= 0.6 is 0 Å². The fourth-order valence-electron chi connectivity index (χ4n) is 7.72. The molecule has 2 N–H and O–H groups in total. The molecule has 4 saturated carbocycles. The number of carbonyl (C=O) groups is 1. The first-order valence-electron chi connectivity index (χ1n) is 11.6. The molecule has 7 rings (SSSR count). The van der Waals surface area contributed by atoms with Crippen LogP contribution < -0.4 is 5.73 Å². The van der Waals surface area contributed by atoms with Crippen molar-refractivity contribution in [3.05, 3.63) is 65.5 Å². The number of hydrogen-bond acceptors (Lipinski definition) is 4. The second-order valence-electron chi connectivity index (χ2n) is 10.4. The average molecular weight is 418 g/mol. The fourth-order valence-corrected chi connectivity index (χ4v) is 7.72. The minimum atomic E-state index is -0.476. The van der Waals surface area contributed by atoms with Crippen LogP contribution in [0.4, 0.5) is 0 Å². The molecule has 162 valence electrons. The van der Waals surface area contributed by atoms with E-state index in [1.165, 1.54) is 31.2 Å². The van der Waals surface area contributed by atoms with Crippen molar-refractivity contribution in [3.63, 3.8) is 0 Å². The molecule has 0 unspecified atom stereocenters. The summed E-state index contributed by atoms with van der Waals surface area (Å²) in [5.74, 6) is 0.375. The summed E-state index contributed by atoms with van der Waals surface area (Å²) in [7, 11) is 1.84. The van der Waals surface area contributed by atoms with Gasteiger partial charge in [-0.2, -0.15) is 0 Å². The lowest BCUT2D eigenvalue weighted by Gasteiger charge is -2.76. The van der Waals surface area contributed by atoms with Gasteiger partial charge in [0.25, 0.3) is 5.91 Å². The number of nitrogens with zero attached hydrogens (tertiary/aromatic N) is 2. The van der Waals surface area contributed by atoms with Crippen LogP contribution in [0.25, 0.3) is 0 Å². The zero-order valence-electron chi connectivity index (χ0n) is 18.2. The number of methoxy groups -OCH3 is 1. The second kappa shape index (κ2) is 6.63. The van der Waals surface area contributed by atoms with Gasteiger partial charge in [-0.05, 0) is 55.4 Å². The molecule has 5 nitrogen and oxygen atoms in total. The maximum absolute atomic E-state index is 11.8. The van der Waals surface area contributed by atoms with Gasteiger partial charge in [0, 0.05) is 49.2 Å². The molecule has 4 bridgehead atoms. The summed E-state index contributed by atoms with van der Waals surface area (Å²) in [4.78, 5) is 18.7. The van der Waals surface area contributed by atoms with Crippen molar-refractivity contribution < 1.29 is 9.53 Å². The van der Waals surface area contributed by atoms with Crippen molar-refractivity contribution in [2.24, 2.45) is 17.6 Å². The predicted octanol–water partition coefficient (Wildman–Crippen LogP) is 3.63. The summed E-state index contributed by atoms with van der Waals surface area (Å²) in [6.07, 6.45) is 9.18. The zero-order chi connectivity index (χ0) is 21.3. The topological polar surface area (TPSA) is 68.5 Å². The zero-order valence-corrected chi connectivity index (χ0v) is 18.2. The number of aromatic nitrogens is 1. The Labute approximate surface area is 184 Å². The van der Waals surface area contributed by atoms with Crippen LogP contribution in [-0.2, 0) is 15.8 Å². The minimum absolute atomic E-state index is 0.332. The SMILES string of the molecule is CO[C@@]1(c2ccnc(C(N)=O)c2)[C@@H]2CCC[C@H]1CN(C13CC(c4ccccc4)(C1)C3)C2. The van der Waals surface area contributed by atoms with Gasteiger partial charge in [-0.25, -0.2) is 0 Å². The summed E-state index contributed by atoms with van der Waals surface area (Å²) in [5, 5.41) is 0. The average Bonchev–Trinajstić information content (AvgIpc) is 2.72. The highest BCUT2D eigenvalue weighted by Gasteiger charge is 2.72. The Morgan fingerprint density at radius 2 is 1.74 bits per heavy atom. The molecule has 0 radical (unpaired) electrons. The predicted molar refractivity (Wildman–Crippen MR) is 119 cm³/mol. The molecule has 4 aliphatic carbocycles. The van der Waals surface area contributed by atoms with Crippen molar-refractivity contribution in [1.29, 1.82) is 0 Å². The Morgan fingerprint density at radius 1 is 1.06 bits per heavy atom. The lowest BCUT2D eigenvalue weighted by molar-refractivity contribution is -0.236. The highest BCUT2D eigenvalue weighted by Crippen LogP contribution is 2.71. The fraction of sp³-hybridized carbons (Fsp3) is 0.538. The molecule has 1 saturated heterocycles. The third kappa shape index (κ3) is 2.56. The van der Waals surface area contributed by atoms with Crippen LogP contribution in [-0.4, -0.2) is 41.5 Å². The quantitative estimate of drug-likeness (QED) is 0.807. The highest BCUT2D eigenvalue weighted by atomic mass is 16.5. The van der Waals surface area contributed by atoms with Gasteiger partial charge < -0.3 is 10.5 Å². The monoisotopic (exact) mass is 417 g/mol. The standard InChI is InChI=1S/C26H31N3O2/c1-31-26(19-10-11-28-22(12-19)23(27)30)20-8-5-9-21(26)14-29(13-20)25-15-24(16-25,17-25)18-6-3-2-4-7-18/h2-4,6-7,10-12,20-21H,5,8-9,13-17H2,1H3,(H2,27,30)/t20-,21+,24?,25?,26+. The maximum atomic E-state index is 11.8. The van der Waals surface area contributed by atoms with Crippen LogP contribution in [0.3, 0.4) is 0 Å². The number of amides is 1. The van der Waals surface area contributed by atoms with Gasteiger partial charge in [-0.15, -0.1) is 0 Å². The molecule has 31 heavy (non-hydrogen) atoms. The van der Waals surface area contributed by atoms with Crippen LogP contribution in [0.5, 0.6) is 0 Å². The van der Waals surface area contributed by atoms with E-state index in [9.17, 15) is 4.79 Å². The molecule has 1 aromatic carbocycles. The van der Waals surface area contributed by atoms with E-state index < -0.39 is 5.91 Å². The third-order valence-electron chi connectivity index (χ3n) is 9.06. The number of piperidine rings is 1. The number of fused-ring (bicyclic) bond motifs is 2. The molecule has 1 amide bonds. The lowest BCUT2D eigenvalue weighted by atomic mass is 9.36. The van der Waals surface area contributed by atoms with Gasteiger partial charge in [0.05, 0.1) is 0 Å². The van der Waals surface area contributed by atoms with Crippen LogP contribution in [0, 0.1) is 11.8 Å². The number of ether oxygens (including phenoxy) is 1. The largest absolute Gasteiger partial charge is 0.373 e. The first-order valence-corrected chi connectivity index (χ1v) is 11.6. The normalized spacial score (nSPS) is 38.7. The molecule has 5 heteroatoms. The molecule has 0 spiro atoms. The van der Waals surface area contributed by atoms with Gasteiger partial charge in [0.15, 0.2) is 0 Å². The Balaban J connectivity index is 1.27. The van der Waals surface area contributed by atoms with E-state index in [0.717, 1.165) is 31.5 Å². The van der Waals surface area contributed by atoms with Crippen molar-refractivity contribution in [2.75, 3.05) is 20.2 Å². The van der Waals surface area contributed by atoms with E-state index in [1.807, 2.05) is 19.2 Å². The number of nitrogens with two attached hydrogens (primary N) is 1. The minimum Gasteiger partial charge on any atom is -0.373 e. The number of likely N-dealkylation sites (tertiary alicyclic amines) is 1. The van der Waals surface area contributed by atoms with Gasteiger partial charge in [-0.3, -0.25) is 14.7 Å². The number of primary amides is 1. The van der Waals surface area contributed by atoms with Crippen LogP contribution in [0.15, 0.2) is 48.7 Å². The molecule has 2 heterocycles. The molecular weight excluding hydrogens is 386 g/mol. The maximum Gasteiger partial charge on any atom is 0.267 e. The third-order valence-corrected chi connectivity index (χ3v) is 9.06. The highest BCUT2D eigenvalue weighted by molar-refractivity contribution is 5.90. The summed E-state index contributed by atoms with van der Waals surface area (Å²) >= 11 is 0. The lowest BCUT2D eigenvalue weighted by Crippen LogP contribution is -2.79. The number of rotatable bonds is 5. The number of hydrogen-bond donors (Lipinski definition) is 1. The van der Waals surface area contributed by atoms with Gasteiger partial charge >= 0.3 is 0 Å². The smallest absolute Gasteiger partial charge is 0.267 e. The van der Waals surface area contributed by atoms with Crippen molar-refractivity contribution in [1.82, 2.24) is 9.88 Å². The van der Waals surface area contributed by atoms with E-state index in [2.05, 4.69) is 40.2 Å². The first-order chi connectivity index (χ1) is 15.0. The molecule has 5 aliphatic rings. The van der Waals surface area contributed by atoms with Crippen molar-refractivity contribution in [3.8, 4) is 0 Å². The number of benzene rings is 1. The summed E-state index contributed by atoms with van der Waals surface area (Å²) < 4.78 is 6.37. The molecule has 5 fully saturated rings. The van der Waals surface area contributed by atoms with Crippen LogP contribution in [0.2, 0.25) is 0 Å². The molecule has 1 aliphatic heterocycles. The van der Waals surface area contributed by atoms with Crippen molar-refractivity contribution >= 4 is 5.91 Å². The van der Waals surface area contributed by atoms with Gasteiger partial charge in [-0.1, -0.05) is 36.8 Å². The van der Waals surface area contributed by atoms with E-state index in [-0.39, 0.29) is 5.60 Å². The summed E-state index contributed by atoms with van der Waals surface area (Å²) in [5.41, 5.74) is 8.93. The molecule has 1 aromatic heterocycles. The Hall–Kier alpha value is -2.24. The Morgan fingerprint density at radius 3 is 2.35 bits per heavy atom. The second-order valence-corrected chi connectivity index (χ2v) is 10.4. The first kappa shape index (κ1) is 19.4. The van der Waals surface area contributed by atoms with E-state index in [0.29, 0.717) is 28.5 Å². The Kier molecular flexibility index (Phi) is 4.16. The molecule has 3 atom stereocenters. The molecule has 2 aromatic rings. The summed E-state index contributed by atoms with van der Waals surface area (Å²) in [6, 6.07) is 15.0. The van der Waals surface area contributed by atoms with E-state index >= 15 is 0 Å².